The van der Waals surface area contributed by atoms with E-state index in [1.807, 2.05) is 11.3 Å². The molecule has 1 aliphatic rings. The van der Waals surface area contributed by atoms with Gasteiger partial charge in [-0.15, -0.1) is 11.3 Å². The van der Waals surface area contributed by atoms with Crippen LogP contribution < -0.4 is 5.32 Å². The molecule has 0 amide bonds. The molecule has 1 aliphatic carbocycles. The summed E-state index contributed by atoms with van der Waals surface area (Å²) in [5.41, 5.74) is 0. The van der Waals surface area contributed by atoms with E-state index in [0.29, 0.717) is 12.0 Å². The predicted molar refractivity (Wildman–Crippen MR) is 79.9 cm³/mol. The van der Waals surface area contributed by atoms with Gasteiger partial charge >= 0.3 is 0 Å². The molecule has 1 N–H and O–H groups in total. The van der Waals surface area contributed by atoms with Crippen molar-refractivity contribution >= 4 is 11.3 Å². The van der Waals surface area contributed by atoms with Gasteiger partial charge in [0.15, 0.2) is 0 Å². The summed E-state index contributed by atoms with van der Waals surface area (Å²) >= 11 is 1.96. The van der Waals surface area contributed by atoms with Gasteiger partial charge in [0.2, 0.25) is 0 Å². The van der Waals surface area contributed by atoms with E-state index in [4.69, 9.17) is 0 Å². The number of nitrogens with zero attached hydrogens (tertiary/aromatic N) is 1. The zero-order chi connectivity index (χ0) is 13.1. The number of nitrogens with one attached hydrogen (secondary N) is 1. The van der Waals surface area contributed by atoms with E-state index < -0.39 is 0 Å². The van der Waals surface area contributed by atoms with E-state index in [1.165, 1.54) is 22.6 Å². The molecule has 2 rings (SSSR count). The van der Waals surface area contributed by atoms with Crippen LogP contribution in [0.5, 0.6) is 0 Å². The summed E-state index contributed by atoms with van der Waals surface area (Å²) in [6, 6.07) is 6.01. The van der Waals surface area contributed by atoms with E-state index in [0.717, 1.165) is 19.1 Å². The van der Waals surface area contributed by atoms with Gasteiger partial charge in [-0.05, 0) is 44.9 Å². The van der Waals surface area contributed by atoms with E-state index in [1.54, 1.807) is 0 Å². The van der Waals surface area contributed by atoms with Crippen molar-refractivity contribution in [3.05, 3.63) is 21.9 Å². The van der Waals surface area contributed by atoms with Gasteiger partial charge in [0.25, 0.3) is 0 Å². The third-order valence-corrected chi connectivity index (χ3v) is 4.99. The first-order chi connectivity index (χ1) is 8.56. The molecule has 1 aromatic rings. The van der Waals surface area contributed by atoms with E-state index >= 15 is 0 Å². The highest BCUT2D eigenvalue weighted by atomic mass is 32.1. The Bertz CT molecular complexity index is 368. The van der Waals surface area contributed by atoms with E-state index in [-0.39, 0.29) is 0 Å². The highest BCUT2D eigenvalue weighted by Gasteiger charge is 2.20. The first-order valence-corrected chi connectivity index (χ1v) is 7.89. The summed E-state index contributed by atoms with van der Waals surface area (Å²) in [5.74, 6) is 0.714. The van der Waals surface area contributed by atoms with Crippen molar-refractivity contribution in [2.75, 3.05) is 7.05 Å². The molecular formula is C15H26N2S. The lowest BCUT2D eigenvalue weighted by Gasteiger charge is -2.27. The van der Waals surface area contributed by atoms with Crippen LogP contribution in [0.25, 0.3) is 0 Å². The van der Waals surface area contributed by atoms with Crippen LogP contribution in [0.1, 0.15) is 43.4 Å². The number of hydrogen-bond acceptors (Lipinski definition) is 3. The normalized spacial score (nSPS) is 17.7. The molecule has 1 saturated carbocycles. The van der Waals surface area contributed by atoms with Crippen molar-refractivity contribution in [1.82, 2.24) is 10.2 Å². The average Bonchev–Trinajstić information content (AvgIpc) is 3.06. The summed E-state index contributed by atoms with van der Waals surface area (Å²) in [7, 11) is 2.23. The molecule has 3 heteroatoms. The maximum atomic E-state index is 3.58. The van der Waals surface area contributed by atoms with Gasteiger partial charge < -0.3 is 5.32 Å². The Kier molecular flexibility index (Phi) is 4.82. The molecule has 0 aliphatic heterocycles. The van der Waals surface area contributed by atoms with Crippen molar-refractivity contribution in [1.29, 1.82) is 0 Å². The second-order valence-electron chi connectivity index (χ2n) is 5.92. The Hall–Kier alpha value is -0.380. The minimum absolute atomic E-state index is 0.639. The zero-order valence-electron chi connectivity index (χ0n) is 12.1. The summed E-state index contributed by atoms with van der Waals surface area (Å²) in [5, 5.41) is 3.58. The molecule has 1 aromatic heterocycles. The molecule has 0 bridgehead atoms. The van der Waals surface area contributed by atoms with E-state index in [9.17, 15) is 0 Å². The Balaban J connectivity index is 1.81. The molecule has 0 aromatic carbocycles. The molecule has 102 valence electrons. The first-order valence-electron chi connectivity index (χ1n) is 7.07. The molecule has 0 radical (unpaired) electrons. The number of rotatable bonds is 7. The van der Waals surface area contributed by atoms with Crippen molar-refractivity contribution in [3.63, 3.8) is 0 Å². The Morgan fingerprint density at radius 3 is 2.56 bits per heavy atom. The molecule has 1 unspecified atom stereocenters. The Morgan fingerprint density at radius 2 is 1.94 bits per heavy atom. The van der Waals surface area contributed by atoms with Crippen LogP contribution in [0.3, 0.4) is 0 Å². The van der Waals surface area contributed by atoms with Gasteiger partial charge in [-0.1, -0.05) is 13.8 Å². The highest BCUT2D eigenvalue weighted by molar-refractivity contribution is 7.11. The molecular weight excluding hydrogens is 240 g/mol. The van der Waals surface area contributed by atoms with Crippen LogP contribution in [0.2, 0.25) is 0 Å². The Morgan fingerprint density at radius 1 is 1.28 bits per heavy atom. The lowest BCUT2D eigenvalue weighted by atomic mass is 10.1. The number of hydrogen-bond donors (Lipinski definition) is 1. The van der Waals surface area contributed by atoms with Gasteiger partial charge in [0.1, 0.15) is 0 Å². The molecule has 18 heavy (non-hydrogen) atoms. The molecule has 1 heterocycles. The predicted octanol–water partition coefficient (Wildman–Crippen LogP) is 3.48. The van der Waals surface area contributed by atoms with Crippen LogP contribution in [0.4, 0.5) is 0 Å². The largest absolute Gasteiger partial charge is 0.309 e. The molecule has 0 saturated heterocycles. The monoisotopic (exact) mass is 266 g/mol. The van der Waals surface area contributed by atoms with Crippen molar-refractivity contribution in [2.45, 2.75) is 58.8 Å². The summed E-state index contributed by atoms with van der Waals surface area (Å²) in [4.78, 5) is 5.41. The summed E-state index contributed by atoms with van der Waals surface area (Å²) in [6.45, 7) is 9.03. The lowest BCUT2D eigenvalue weighted by molar-refractivity contribution is 0.202. The fourth-order valence-corrected chi connectivity index (χ4v) is 3.07. The van der Waals surface area contributed by atoms with E-state index in [2.05, 4.69) is 50.2 Å². The van der Waals surface area contributed by atoms with Crippen LogP contribution >= 0.6 is 11.3 Å². The number of thiophene rings is 1. The van der Waals surface area contributed by atoms with Gasteiger partial charge in [-0.2, -0.15) is 0 Å². The average molecular weight is 266 g/mol. The highest BCUT2D eigenvalue weighted by Crippen LogP contribution is 2.23. The second kappa shape index (κ2) is 6.18. The SMILES string of the molecule is CC(C)C(C)N(C)Cc1ccc(CNC2CC2)s1. The lowest BCUT2D eigenvalue weighted by Crippen LogP contribution is -2.32. The fourth-order valence-electron chi connectivity index (χ4n) is 2.03. The van der Waals surface area contributed by atoms with Crippen LogP contribution in [0.15, 0.2) is 12.1 Å². The van der Waals surface area contributed by atoms with Crippen molar-refractivity contribution in [3.8, 4) is 0 Å². The van der Waals surface area contributed by atoms with Gasteiger partial charge in [0.05, 0.1) is 0 Å². The third-order valence-electron chi connectivity index (χ3n) is 3.92. The Labute approximate surface area is 115 Å². The summed E-state index contributed by atoms with van der Waals surface area (Å²) < 4.78 is 0. The van der Waals surface area contributed by atoms with Crippen molar-refractivity contribution < 1.29 is 0 Å². The quantitative estimate of drug-likeness (QED) is 0.813. The topological polar surface area (TPSA) is 15.3 Å². The van der Waals surface area contributed by atoms with Crippen LogP contribution in [-0.2, 0) is 13.1 Å². The molecule has 1 atom stereocenters. The van der Waals surface area contributed by atoms with Gasteiger partial charge in [-0.3, -0.25) is 4.90 Å². The van der Waals surface area contributed by atoms with Crippen molar-refractivity contribution in [2.24, 2.45) is 5.92 Å². The smallest absolute Gasteiger partial charge is 0.0327 e. The molecule has 2 nitrogen and oxygen atoms in total. The summed E-state index contributed by atoms with van der Waals surface area (Å²) in [6.07, 6.45) is 2.74. The van der Waals surface area contributed by atoms with Gasteiger partial charge in [0, 0.05) is 34.9 Å². The molecule has 0 spiro atoms. The first kappa shape index (κ1) is 14.0. The van der Waals surface area contributed by atoms with Crippen LogP contribution in [0, 0.1) is 5.92 Å². The third kappa shape index (κ3) is 4.08. The fraction of sp³-hybridized carbons (Fsp3) is 0.733. The maximum Gasteiger partial charge on any atom is 0.0327 e. The minimum Gasteiger partial charge on any atom is -0.309 e. The molecule has 1 fully saturated rings. The van der Waals surface area contributed by atoms with Crippen LogP contribution in [-0.4, -0.2) is 24.0 Å². The second-order valence-corrected chi connectivity index (χ2v) is 7.18. The van der Waals surface area contributed by atoms with Gasteiger partial charge in [-0.25, -0.2) is 0 Å². The zero-order valence-corrected chi connectivity index (χ0v) is 12.9. The minimum atomic E-state index is 0.639. The maximum absolute atomic E-state index is 3.58. The standard InChI is InChI=1S/C15H26N2S/c1-11(2)12(3)17(4)10-15-8-7-14(18-15)9-16-13-5-6-13/h7-8,11-13,16H,5-6,9-10H2,1-4H3.